The van der Waals surface area contributed by atoms with Gasteiger partial charge in [0.2, 0.25) is 0 Å². The molecule has 0 fully saturated rings. The molecule has 0 aliphatic carbocycles. The minimum Gasteiger partial charge on any atom is -0.339 e. The summed E-state index contributed by atoms with van der Waals surface area (Å²) in [6, 6.07) is 18.4. The van der Waals surface area contributed by atoms with Crippen molar-refractivity contribution in [2.75, 3.05) is 16.0 Å². The third-order valence-electron chi connectivity index (χ3n) is 3.58. The van der Waals surface area contributed by atoms with Crippen LogP contribution in [0.3, 0.4) is 0 Å². The zero-order valence-corrected chi connectivity index (χ0v) is 14.1. The van der Waals surface area contributed by atoms with E-state index in [0.717, 1.165) is 11.3 Å². The monoisotopic (exact) mass is 333 g/mol. The van der Waals surface area contributed by atoms with Crippen LogP contribution in [0.15, 0.2) is 60.7 Å². The Morgan fingerprint density at radius 2 is 1.56 bits per heavy atom. The molecule has 1 heterocycles. The molecular formula is C19H19N5O. The highest BCUT2D eigenvalue weighted by atomic mass is 16.2. The van der Waals surface area contributed by atoms with Gasteiger partial charge in [0, 0.05) is 11.4 Å². The average molecular weight is 333 g/mol. The molecule has 0 saturated carbocycles. The van der Waals surface area contributed by atoms with E-state index in [4.69, 9.17) is 0 Å². The molecule has 2 aromatic carbocycles. The Morgan fingerprint density at radius 3 is 2.24 bits per heavy atom. The number of amides is 2. The summed E-state index contributed by atoms with van der Waals surface area (Å²) in [6.45, 7) is 4.09. The van der Waals surface area contributed by atoms with Gasteiger partial charge in [0.1, 0.15) is 0 Å². The number of nitrogens with one attached hydrogen (secondary N) is 3. The highest BCUT2D eigenvalue weighted by Crippen LogP contribution is 2.20. The van der Waals surface area contributed by atoms with Crippen molar-refractivity contribution >= 4 is 29.0 Å². The zero-order valence-electron chi connectivity index (χ0n) is 14.1. The molecule has 126 valence electrons. The summed E-state index contributed by atoms with van der Waals surface area (Å²) in [5.74, 6) is 0.987. The Kier molecular flexibility index (Phi) is 4.89. The third-order valence-corrected chi connectivity index (χ3v) is 3.58. The van der Waals surface area contributed by atoms with Crippen molar-refractivity contribution < 1.29 is 4.79 Å². The lowest BCUT2D eigenvalue weighted by Gasteiger charge is -2.10. The molecule has 0 atom stereocenters. The van der Waals surface area contributed by atoms with Crippen LogP contribution >= 0.6 is 0 Å². The largest absolute Gasteiger partial charge is 0.339 e. The molecule has 0 spiro atoms. The van der Waals surface area contributed by atoms with E-state index < -0.39 is 0 Å². The number of aryl methyl sites for hydroxylation is 2. The fourth-order valence-electron chi connectivity index (χ4n) is 2.36. The maximum atomic E-state index is 11.9. The van der Waals surface area contributed by atoms with Crippen LogP contribution in [0.4, 0.5) is 27.8 Å². The minimum absolute atomic E-state index is 0.365. The molecule has 6 nitrogen and oxygen atoms in total. The lowest BCUT2D eigenvalue weighted by atomic mass is 10.1. The van der Waals surface area contributed by atoms with Crippen molar-refractivity contribution in [2.45, 2.75) is 13.8 Å². The van der Waals surface area contributed by atoms with Gasteiger partial charge in [0.05, 0.1) is 0 Å². The molecule has 3 N–H and O–H groups in total. The smallest absolute Gasteiger partial charge is 0.324 e. The number of rotatable bonds is 4. The summed E-state index contributed by atoms with van der Waals surface area (Å²) in [4.78, 5) is 11.9. The van der Waals surface area contributed by atoms with E-state index in [2.05, 4.69) is 39.1 Å². The molecule has 0 bridgehead atoms. The molecule has 0 radical (unpaired) electrons. The van der Waals surface area contributed by atoms with E-state index in [-0.39, 0.29) is 6.03 Å². The predicted molar refractivity (Wildman–Crippen MR) is 100 cm³/mol. The van der Waals surface area contributed by atoms with Crippen LogP contribution in [0.1, 0.15) is 11.1 Å². The number of para-hydroxylation sites is 1. The number of carbonyl (C=O) groups is 1. The Labute approximate surface area is 146 Å². The molecule has 2 amide bonds. The third kappa shape index (κ3) is 4.54. The molecule has 0 saturated heterocycles. The Hall–Kier alpha value is -3.41. The van der Waals surface area contributed by atoms with Gasteiger partial charge in [-0.3, -0.25) is 5.32 Å². The molecule has 0 unspecified atom stereocenters. The summed E-state index contributed by atoms with van der Waals surface area (Å²) >= 11 is 0. The van der Waals surface area contributed by atoms with E-state index in [1.165, 1.54) is 5.56 Å². The first kappa shape index (κ1) is 16.4. The standard InChI is InChI=1S/C19H19N5O/c1-13-8-9-16(14(2)12-13)21-17-10-11-18(24-23-17)22-19(25)20-15-6-4-3-5-7-15/h3-12H,1-2H3,(H,21,23)(H2,20,22,24,25). The lowest BCUT2D eigenvalue weighted by molar-refractivity contribution is 0.262. The highest BCUT2D eigenvalue weighted by molar-refractivity contribution is 5.99. The number of urea groups is 1. The SMILES string of the molecule is Cc1ccc(Nc2ccc(NC(=O)Nc3ccccc3)nn2)c(C)c1. The minimum atomic E-state index is -0.365. The number of aromatic nitrogens is 2. The maximum absolute atomic E-state index is 11.9. The first-order chi connectivity index (χ1) is 12.1. The van der Waals surface area contributed by atoms with Crippen molar-refractivity contribution in [3.05, 3.63) is 71.8 Å². The molecule has 0 aliphatic heterocycles. The fraction of sp³-hybridized carbons (Fsp3) is 0.105. The van der Waals surface area contributed by atoms with Crippen molar-refractivity contribution in [1.29, 1.82) is 0 Å². The van der Waals surface area contributed by atoms with Gasteiger partial charge in [-0.2, -0.15) is 0 Å². The van der Waals surface area contributed by atoms with Gasteiger partial charge in [-0.05, 0) is 49.7 Å². The predicted octanol–water partition coefficient (Wildman–Crippen LogP) is 4.48. The van der Waals surface area contributed by atoms with Crippen LogP contribution in [0, 0.1) is 13.8 Å². The van der Waals surface area contributed by atoms with Crippen LogP contribution in [-0.2, 0) is 0 Å². The van der Waals surface area contributed by atoms with E-state index >= 15 is 0 Å². The van der Waals surface area contributed by atoms with Gasteiger partial charge < -0.3 is 10.6 Å². The highest BCUT2D eigenvalue weighted by Gasteiger charge is 2.05. The van der Waals surface area contributed by atoms with Crippen molar-refractivity contribution in [2.24, 2.45) is 0 Å². The first-order valence-electron chi connectivity index (χ1n) is 7.91. The second-order valence-electron chi connectivity index (χ2n) is 5.69. The van der Waals surface area contributed by atoms with Crippen molar-refractivity contribution in [3.63, 3.8) is 0 Å². The van der Waals surface area contributed by atoms with Crippen LogP contribution in [0.5, 0.6) is 0 Å². The summed E-state index contributed by atoms with van der Waals surface area (Å²) in [7, 11) is 0. The number of benzene rings is 2. The summed E-state index contributed by atoms with van der Waals surface area (Å²) in [5, 5.41) is 16.7. The molecule has 0 aliphatic rings. The van der Waals surface area contributed by atoms with Crippen molar-refractivity contribution in [3.8, 4) is 0 Å². The van der Waals surface area contributed by atoms with E-state index in [9.17, 15) is 4.79 Å². The Morgan fingerprint density at radius 1 is 0.840 bits per heavy atom. The van der Waals surface area contributed by atoms with Gasteiger partial charge in [-0.25, -0.2) is 4.79 Å². The van der Waals surface area contributed by atoms with Gasteiger partial charge >= 0.3 is 6.03 Å². The molecule has 1 aromatic heterocycles. The van der Waals surface area contributed by atoms with E-state index in [1.807, 2.05) is 49.4 Å². The molecule has 3 rings (SSSR count). The number of anilines is 4. The quantitative estimate of drug-likeness (QED) is 0.657. The maximum Gasteiger partial charge on any atom is 0.324 e. The number of carbonyl (C=O) groups excluding carboxylic acids is 1. The van der Waals surface area contributed by atoms with Crippen LogP contribution in [-0.4, -0.2) is 16.2 Å². The number of hydrogen-bond donors (Lipinski definition) is 3. The summed E-state index contributed by atoms with van der Waals surface area (Å²) < 4.78 is 0. The molecule has 25 heavy (non-hydrogen) atoms. The normalized spacial score (nSPS) is 10.2. The molecular weight excluding hydrogens is 314 g/mol. The van der Waals surface area contributed by atoms with Crippen LogP contribution < -0.4 is 16.0 Å². The Bertz CT molecular complexity index is 863. The second kappa shape index (κ2) is 7.44. The van der Waals surface area contributed by atoms with Gasteiger partial charge in [-0.1, -0.05) is 35.9 Å². The second-order valence-corrected chi connectivity index (χ2v) is 5.69. The molecule has 3 aromatic rings. The van der Waals surface area contributed by atoms with Gasteiger partial charge in [0.15, 0.2) is 11.6 Å². The topological polar surface area (TPSA) is 78.9 Å². The van der Waals surface area contributed by atoms with Crippen molar-refractivity contribution in [1.82, 2.24) is 10.2 Å². The summed E-state index contributed by atoms with van der Waals surface area (Å²) in [6.07, 6.45) is 0. The fourth-order valence-corrected chi connectivity index (χ4v) is 2.36. The number of nitrogens with zero attached hydrogens (tertiary/aromatic N) is 2. The number of hydrogen-bond acceptors (Lipinski definition) is 4. The van der Waals surface area contributed by atoms with E-state index in [1.54, 1.807) is 12.1 Å². The zero-order chi connectivity index (χ0) is 17.6. The van der Waals surface area contributed by atoms with Gasteiger partial charge in [-0.15, -0.1) is 10.2 Å². The molecule has 6 heteroatoms. The van der Waals surface area contributed by atoms with E-state index in [0.29, 0.717) is 17.3 Å². The summed E-state index contributed by atoms with van der Waals surface area (Å²) in [5.41, 5.74) is 4.02. The van der Waals surface area contributed by atoms with Crippen LogP contribution in [0.25, 0.3) is 0 Å². The van der Waals surface area contributed by atoms with Crippen LogP contribution in [0.2, 0.25) is 0 Å². The lowest BCUT2D eigenvalue weighted by Crippen LogP contribution is -2.20. The Balaban J connectivity index is 1.61. The first-order valence-corrected chi connectivity index (χ1v) is 7.91. The average Bonchev–Trinajstić information content (AvgIpc) is 2.60. The van der Waals surface area contributed by atoms with Gasteiger partial charge in [0.25, 0.3) is 0 Å².